The lowest BCUT2D eigenvalue weighted by Gasteiger charge is -2.05. The second-order valence-corrected chi connectivity index (χ2v) is 5.97. The highest BCUT2D eigenvalue weighted by atomic mass is 35.5. The Balaban J connectivity index is 2.04. The van der Waals surface area contributed by atoms with Gasteiger partial charge in [-0.2, -0.15) is 0 Å². The molecule has 3 rings (SSSR count). The lowest BCUT2D eigenvalue weighted by molar-refractivity contribution is 0.184. The molecule has 2 N–H and O–H groups in total. The van der Waals surface area contributed by atoms with Crippen molar-refractivity contribution >= 4 is 28.3 Å². The highest BCUT2D eigenvalue weighted by Crippen LogP contribution is 2.26. The molecule has 0 bridgehead atoms. The van der Waals surface area contributed by atoms with Gasteiger partial charge in [0.25, 0.3) is 0 Å². The molecule has 9 heteroatoms. The number of nitrogens with zero attached hydrogens (tertiary/aromatic N) is 4. The summed E-state index contributed by atoms with van der Waals surface area (Å²) in [6.45, 7) is 1.83. The van der Waals surface area contributed by atoms with Crippen molar-refractivity contribution in [2.75, 3.05) is 34.0 Å². The number of ether oxygens (including phenoxy) is 2. The van der Waals surface area contributed by atoms with Crippen molar-refractivity contribution in [3.8, 4) is 5.88 Å². The molecule has 0 saturated carbocycles. The molecule has 3 aromatic rings. The Morgan fingerprint density at radius 3 is 2.85 bits per heavy atom. The molecule has 3 heterocycles. The van der Waals surface area contributed by atoms with Crippen LogP contribution in [-0.4, -0.2) is 64.3 Å². The third-order valence-electron chi connectivity index (χ3n) is 3.87. The number of hydrogen-bond donors (Lipinski definition) is 2. The summed E-state index contributed by atoms with van der Waals surface area (Å²) in [4.78, 5) is 16.4. The number of rotatable bonds is 8. The van der Waals surface area contributed by atoms with Crippen LogP contribution in [0.3, 0.4) is 0 Å². The van der Waals surface area contributed by atoms with E-state index in [1.54, 1.807) is 37.4 Å². The first kappa shape index (κ1) is 18.4. The van der Waals surface area contributed by atoms with Crippen LogP contribution in [0.1, 0.15) is 11.4 Å². The van der Waals surface area contributed by atoms with Gasteiger partial charge in [-0.05, 0) is 12.1 Å². The van der Waals surface area contributed by atoms with Crippen molar-refractivity contribution < 1.29 is 14.6 Å². The lowest BCUT2D eigenvalue weighted by atomic mass is 10.2. The van der Waals surface area contributed by atoms with Gasteiger partial charge in [-0.3, -0.25) is 9.56 Å². The molecule has 138 valence electrons. The second kappa shape index (κ2) is 8.31. The molecule has 0 radical (unpaired) electrons. The summed E-state index contributed by atoms with van der Waals surface area (Å²) in [5.74, 6) is 0.0240. The number of aromatic amines is 1. The van der Waals surface area contributed by atoms with Gasteiger partial charge in [0.05, 0.1) is 43.3 Å². The van der Waals surface area contributed by atoms with Crippen LogP contribution in [0.4, 0.5) is 0 Å². The lowest BCUT2D eigenvalue weighted by Crippen LogP contribution is -2.09. The number of aromatic nitrogens is 4. The molecule has 0 saturated heterocycles. The Hall–Kier alpha value is -2.42. The third-order valence-corrected chi connectivity index (χ3v) is 4.20. The van der Waals surface area contributed by atoms with Crippen LogP contribution in [-0.2, 0) is 16.0 Å². The van der Waals surface area contributed by atoms with Gasteiger partial charge in [0.1, 0.15) is 11.4 Å². The molecule has 0 aliphatic heterocycles. The highest BCUT2D eigenvalue weighted by molar-refractivity contribution is 6.35. The first-order valence-corrected chi connectivity index (χ1v) is 8.44. The number of H-pyrrole nitrogens is 1. The summed E-state index contributed by atoms with van der Waals surface area (Å²) in [6.07, 6.45) is 3.19. The maximum absolute atomic E-state index is 10.6. The quantitative estimate of drug-likeness (QED) is 0.463. The fourth-order valence-corrected chi connectivity index (χ4v) is 2.76. The van der Waals surface area contributed by atoms with E-state index in [1.165, 1.54) is 0 Å². The van der Waals surface area contributed by atoms with Crippen LogP contribution in [0.25, 0.3) is 11.0 Å². The van der Waals surface area contributed by atoms with Crippen LogP contribution >= 0.6 is 11.6 Å². The summed E-state index contributed by atoms with van der Waals surface area (Å²) in [7, 11) is 3.21. The number of halogens is 1. The zero-order chi connectivity index (χ0) is 18.5. The van der Waals surface area contributed by atoms with Gasteiger partial charge in [-0.1, -0.05) is 11.6 Å². The van der Waals surface area contributed by atoms with Crippen LogP contribution in [0.2, 0.25) is 5.02 Å². The number of aromatic hydroxyl groups is 1. The Kier molecular flexibility index (Phi) is 5.87. The third kappa shape index (κ3) is 3.72. The summed E-state index contributed by atoms with van der Waals surface area (Å²) >= 11 is 6.24. The van der Waals surface area contributed by atoms with E-state index < -0.39 is 0 Å². The smallest absolute Gasteiger partial charge is 0.221 e. The zero-order valence-corrected chi connectivity index (χ0v) is 15.3. The van der Waals surface area contributed by atoms with Crippen molar-refractivity contribution in [1.82, 2.24) is 19.5 Å². The first-order chi connectivity index (χ1) is 12.7. The van der Waals surface area contributed by atoms with Gasteiger partial charge in [0.15, 0.2) is 5.69 Å². The Morgan fingerprint density at radius 2 is 2.12 bits per heavy atom. The number of methoxy groups -OCH3 is 2. The number of hydrogen-bond acceptors (Lipinski definition) is 6. The molecule has 0 amide bonds. The fraction of sp³-hybridized carbons (Fsp3) is 0.353. The molecule has 26 heavy (non-hydrogen) atoms. The molecule has 0 aliphatic carbocycles. The van der Waals surface area contributed by atoms with Gasteiger partial charge >= 0.3 is 0 Å². The van der Waals surface area contributed by atoms with Crippen molar-refractivity contribution in [3.05, 3.63) is 41.1 Å². The minimum Gasteiger partial charge on any atom is -0.493 e. The van der Waals surface area contributed by atoms with Crippen molar-refractivity contribution in [3.63, 3.8) is 0 Å². The second-order valence-electron chi connectivity index (χ2n) is 5.56. The topological polar surface area (TPSA) is 97.6 Å². The normalized spacial score (nSPS) is 12.2. The molecule has 0 aromatic carbocycles. The van der Waals surface area contributed by atoms with Crippen LogP contribution in [0.5, 0.6) is 5.88 Å². The summed E-state index contributed by atoms with van der Waals surface area (Å²) in [5, 5.41) is 11.9. The molecule has 0 unspecified atom stereocenters. The largest absolute Gasteiger partial charge is 0.493 e. The van der Waals surface area contributed by atoms with E-state index in [4.69, 9.17) is 21.1 Å². The number of aliphatic imine (C=N–C) groups is 1. The first-order valence-electron chi connectivity index (χ1n) is 8.06. The van der Waals surface area contributed by atoms with Crippen LogP contribution in [0.15, 0.2) is 29.6 Å². The maximum Gasteiger partial charge on any atom is 0.221 e. The SMILES string of the molecule is COCCN=C(c1cc2c(Cl)ccnc2[nH]1)c1ncn(CCOC)c1O. The van der Waals surface area contributed by atoms with E-state index in [1.807, 2.05) is 6.07 Å². The molecule has 0 spiro atoms. The molecule has 0 fully saturated rings. The molecular weight excluding hydrogens is 358 g/mol. The van der Waals surface area contributed by atoms with E-state index in [2.05, 4.69) is 19.9 Å². The van der Waals surface area contributed by atoms with Gasteiger partial charge in [0, 0.05) is 25.8 Å². The number of pyridine rings is 1. The average molecular weight is 378 g/mol. The van der Waals surface area contributed by atoms with Crippen LogP contribution in [0, 0.1) is 0 Å². The molecule has 3 aromatic heterocycles. The van der Waals surface area contributed by atoms with Gasteiger partial charge in [-0.25, -0.2) is 9.97 Å². The van der Waals surface area contributed by atoms with Crippen molar-refractivity contribution in [1.29, 1.82) is 0 Å². The summed E-state index contributed by atoms with van der Waals surface area (Å²) in [5.41, 5.74) is 2.21. The predicted molar refractivity (Wildman–Crippen MR) is 99.3 cm³/mol. The summed E-state index contributed by atoms with van der Waals surface area (Å²) < 4.78 is 11.7. The van der Waals surface area contributed by atoms with E-state index in [0.29, 0.717) is 54.1 Å². The fourth-order valence-electron chi connectivity index (χ4n) is 2.55. The summed E-state index contributed by atoms with van der Waals surface area (Å²) in [6, 6.07) is 3.57. The molecule has 0 atom stereocenters. The van der Waals surface area contributed by atoms with E-state index >= 15 is 0 Å². The number of nitrogens with one attached hydrogen (secondary N) is 1. The maximum atomic E-state index is 10.6. The Bertz CT molecular complexity index is 918. The standard InChI is InChI=1S/C17H20ClN5O3/c1-25-7-5-19-14(15-17(24)23(10-21-15)6-8-26-2)13-9-11-12(18)3-4-20-16(11)22-13/h3-4,9-10,24H,5-8H2,1-2H3,(H,20,22). The van der Waals surface area contributed by atoms with Crippen LogP contribution < -0.4 is 0 Å². The van der Waals surface area contributed by atoms with E-state index in [0.717, 1.165) is 5.39 Å². The van der Waals surface area contributed by atoms with Crippen molar-refractivity contribution in [2.24, 2.45) is 4.99 Å². The van der Waals surface area contributed by atoms with E-state index in [-0.39, 0.29) is 5.88 Å². The molecular formula is C17H20ClN5O3. The minimum absolute atomic E-state index is 0.0240. The average Bonchev–Trinajstić information content (AvgIpc) is 3.22. The molecule has 8 nitrogen and oxygen atoms in total. The van der Waals surface area contributed by atoms with E-state index in [9.17, 15) is 5.11 Å². The molecule has 0 aliphatic rings. The number of fused-ring (bicyclic) bond motifs is 1. The Labute approximate surface area is 155 Å². The highest BCUT2D eigenvalue weighted by Gasteiger charge is 2.20. The number of imidazole rings is 1. The minimum atomic E-state index is 0.0240. The predicted octanol–water partition coefficient (Wildman–Crippen LogP) is 2.25. The van der Waals surface area contributed by atoms with Gasteiger partial charge in [0.2, 0.25) is 5.88 Å². The Morgan fingerprint density at radius 1 is 1.31 bits per heavy atom. The van der Waals surface area contributed by atoms with Gasteiger partial charge in [-0.15, -0.1) is 0 Å². The van der Waals surface area contributed by atoms with Gasteiger partial charge < -0.3 is 19.6 Å². The van der Waals surface area contributed by atoms with Crippen molar-refractivity contribution in [2.45, 2.75) is 6.54 Å². The monoisotopic (exact) mass is 377 g/mol. The zero-order valence-electron chi connectivity index (χ0n) is 14.6.